The molecule has 3 rings (SSSR count). The van der Waals surface area contributed by atoms with E-state index in [1.165, 1.54) is 5.56 Å². The summed E-state index contributed by atoms with van der Waals surface area (Å²) < 4.78 is 5.62. The van der Waals surface area contributed by atoms with Gasteiger partial charge in [0.05, 0.1) is 6.10 Å². The number of carbonyl (C=O) groups is 2. The average molecular weight is 395 g/mol. The van der Waals surface area contributed by atoms with Gasteiger partial charge in [0, 0.05) is 31.1 Å². The summed E-state index contributed by atoms with van der Waals surface area (Å²) in [5, 5.41) is 2.98. The first kappa shape index (κ1) is 20.9. The van der Waals surface area contributed by atoms with E-state index in [1.54, 1.807) is 0 Å². The highest BCUT2D eigenvalue weighted by Crippen LogP contribution is 2.22. The Labute approximate surface area is 173 Å². The van der Waals surface area contributed by atoms with Crippen LogP contribution in [0.5, 0.6) is 5.75 Å². The Morgan fingerprint density at radius 1 is 1.03 bits per heavy atom. The van der Waals surface area contributed by atoms with Crippen molar-refractivity contribution in [2.75, 3.05) is 18.4 Å². The number of benzene rings is 2. The molecule has 29 heavy (non-hydrogen) atoms. The van der Waals surface area contributed by atoms with Gasteiger partial charge in [0.15, 0.2) is 0 Å². The summed E-state index contributed by atoms with van der Waals surface area (Å²) in [6.07, 6.45) is 2.81. The van der Waals surface area contributed by atoms with Gasteiger partial charge >= 0.3 is 0 Å². The minimum atomic E-state index is -0.0558. The first-order valence-corrected chi connectivity index (χ1v) is 10.4. The van der Waals surface area contributed by atoms with E-state index in [0.717, 1.165) is 17.9 Å². The molecule has 0 spiro atoms. The number of aryl methyl sites for hydroxylation is 1. The summed E-state index contributed by atoms with van der Waals surface area (Å²) >= 11 is 0. The number of carbonyl (C=O) groups excluding carboxylic acids is 2. The number of nitrogens with one attached hydrogen (secondary N) is 1. The van der Waals surface area contributed by atoms with Crippen molar-refractivity contribution in [3.63, 3.8) is 0 Å². The number of hydrogen-bond donors (Lipinski definition) is 1. The molecule has 154 valence electrons. The van der Waals surface area contributed by atoms with E-state index in [4.69, 9.17) is 4.74 Å². The van der Waals surface area contributed by atoms with Crippen LogP contribution in [0.15, 0.2) is 54.6 Å². The summed E-state index contributed by atoms with van der Waals surface area (Å²) in [7, 11) is 0. The summed E-state index contributed by atoms with van der Waals surface area (Å²) in [5.41, 5.74) is 1.95. The lowest BCUT2D eigenvalue weighted by atomic mass is 9.95. The molecule has 1 heterocycles. The molecule has 5 heteroatoms. The Morgan fingerprint density at radius 2 is 1.69 bits per heavy atom. The minimum Gasteiger partial charge on any atom is -0.491 e. The molecule has 0 radical (unpaired) electrons. The van der Waals surface area contributed by atoms with Crippen molar-refractivity contribution in [3.8, 4) is 5.75 Å². The molecule has 1 aliphatic rings. The lowest BCUT2D eigenvalue weighted by Gasteiger charge is -2.31. The lowest BCUT2D eigenvalue weighted by molar-refractivity contribution is -0.134. The highest BCUT2D eigenvalue weighted by molar-refractivity contribution is 5.92. The molecular formula is C24H30N2O3. The quantitative estimate of drug-likeness (QED) is 0.762. The normalized spacial score (nSPS) is 14.7. The zero-order valence-corrected chi connectivity index (χ0v) is 17.3. The third kappa shape index (κ3) is 6.34. The first-order valence-electron chi connectivity index (χ1n) is 10.4. The molecule has 0 atom stereocenters. The van der Waals surface area contributed by atoms with Gasteiger partial charge in [-0.3, -0.25) is 9.59 Å². The van der Waals surface area contributed by atoms with Gasteiger partial charge in [0.25, 0.3) is 0 Å². The number of anilines is 1. The monoisotopic (exact) mass is 394 g/mol. The number of ether oxygens (including phenoxy) is 1. The molecule has 2 aromatic carbocycles. The Balaban J connectivity index is 1.42. The maximum Gasteiger partial charge on any atom is 0.227 e. The molecule has 1 saturated heterocycles. The molecule has 0 saturated carbocycles. The van der Waals surface area contributed by atoms with Crippen LogP contribution in [-0.4, -0.2) is 35.9 Å². The van der Waals surface area contributed by atoms with Crippen molar-refractivity contribution < 1.29 is 14.3 Å². The van der Waals surface area contributed by atoms with E-state index >= 15 is 0 Å². The number of rotatable bonds is 7. The fourth-order valence-corrected chi connectivity index (χ4v) is 3.58. The predicted octanol–water partition coefficient (Wildman–Crippen LogP) is 4.28. The number of piperidine rings is 1. The van der Waals surface area contributed by atoms with E-state index < -0.39 is 0 Å². The molecular weight excluding hydrogens is 364 g/mol. The third-order valence-electron chi connectivity index (χ3n) is 5.18. The summed E-state index contributed by atoms with van der Waals surface area (Å²) in [4.78, 5) is 26.9. The molecule has 0 aromatic heterocycles. The predicted molar refractivity (Wildman–Crippen MR) is 115 cm³/mol. The van der Waals surface area contributed by atoms with E-state index in [2.05, 4.69) is 5.32 Å². The highest BCUT2D eigenvalue weighted by Gasteiger charge is 2.27. The number of nitrogens with zero attached hydrogens (tertiary/aromatic N) is 1. The van der Waals surface area contributed by atoms with Crippen molar-refractivity contribution in [3.05, 3.63) is 60.2 Å². The molecule has 1 N–H and O–H groups in total. The van der Waals surface area contributed by atoms with Crippen LogP contribution in [0.4, 0.5) is 5.69 Å². The molecule has 2 amide bonds. The van der Waals surface area contributed by atoms with E-state index in [1.807, 2.05) is 73.3 Å². The largest absolute Gasteiger partial charge is 0.491 e. The van der Waals surface area contributed by atoms with Crippen LogP contribution < -0.4 is 10.1 Å². The topological polar surface area (TPSA) is 58.6 Å². The average Bonchev–Trinajstić information content (AvgIpc) is 2.74. The zero-order chi connectivity index (χ0) is 20.6. The van der Waals surface area contributed by atoms with Gasteiger partial charge in [-0.1, -0.05) is 30.3 Å². The van der Waals surface area contributed by atoms with Gasteiger partial charge in [-0.2, -0.15) is 0 Å². The molecule has 0 unspecified atom stereocenters. The first-order chi connectivity index (χ1) is 14.0. The Hall–Kier alpha value is -2.82. The van der Waals surface area contributed by atoms with Crippen molar-refractivity contribution in [2.45, 2.75) is 45.6 Å². The Kier molecular flexibility index (Phi) is 7.28. The smallest absolute Gasteiger partial charge is 0.227 e. The standard InChI is InChI=1S/C24H30N2O3/c1-18(2)29-22-11-9-21(10-12-22)25-24(28)20-14-16-26(17-15-20)23(27)13-8-19-6-4-3-5-7-19/h3-7,9-12,18,20H,8,13-17H2,1-2H3,(H,25,28). The fraction of sp³-hybridized carbons (Fsp3) is 0.417. The van der Waals surface area contributed by atoms with Gasteiger partial charge in [-0.15, -0.1) is 0 Å². The summed E-state index contributed by atoms with van der Waals surface area (Å²) in [6, 6.07) is 17.5. The molecule has 0 bridgehead atoms. The molecule has 2 aromatic rings. The Bertz CT molecular complexity index is 795. The highest BCUT2D eigenvalue weighted by atomic mass is 16.5. The van der Waals surface area contributed by atoms with Crippen LogP contribution in [0.3, 0.4) is 0 Å². The van der Waals surface area contributed by atoms with E-state index in [0.29, 0.717) is 32.4 Å². The zero-order valence-electron chi connectivity index (χ0n) is 17.3. The van der Waals surface area contributed by atoms with Crippen LogP contribution >= 0.6 is 0 Å². The van der Waals surface area contributed by atoms with Gasteiger partial charge in [-0.25, -0.2) is 0 Å². The van der Waals surface area contributed by atoms with E-state index in [9.17, 15) is 9.59 Å². The van der Waals surface area contributed by atoms with Gasteiger partial charge in [0.1, 0.15) is 5.75 Å². The van der Waals surface area contributed by atoms with Crippen molar-refractivity contribution in [2.24, 2.45) is 5.92 Å². The van der Waals surface area contributed by atoms with E-state index in [-0.39, 0.29) is 23.8 Å². The maximum absolute atomic E-state index is 12.6. The van der Waals surface area contributed by atoms with Crippen LogP contribution in [0.1, 0.15) is 38.7 Å². The fourth-order valence-electron chi connectivity index (χ4n) is 3.58. The second-order valence-electron chi connectivity index (χ2n) is 7.82. The third-order valence-corrected chi connectivity index (χ3v) is 5.18. The SMILES string of the molecule is CC(C)Oc1ccc(NC(=O)C2CCN(C(=O)CCc3ccccc3)CC2)cc1. The molecule has 5 nitrogen and oxygen atoms in total. The number of amides is 2. The second kappa shape index (κ2) is 10.1. The summed E-state index contributed by atoms with van der Waals surface area (Å²) in [5.74, 6) is 0.937. The van der Waals surface area contributed by atoms with Crippen LogP contribution in [-0.2, 0) is 16.0 Å². The van der Waals surface area contributed by atoms with Crippen LogP contribution in [0, 0.1) is 5.92 Å². The van der Waals surface area contributed by atoms with Crippen molar-refractivity contribution in [1.82, 2.24) is 4.90 Å². The maximum atomic E-state index is 12.6. The molecule has 1 aliphatic heterocycles. The number of likely N-dealkylation sites (tertiary alicyclic amines) is 1. The minimum absolute atomic E-state index is 0.0268. The van der Waals surface area contributed by atoms with Crippen molar-refractivity contribution in [1.29, 1.82) is 0 Å². The molecule has 1 fully saturated rings. The molecule has 0 aliphatic carbocycles. The second-order valence-corrected chi connectivity index (χ2v) is 7.82. The Morgan fingerprint density at radius 3 is 2.31 bits per heavy atom. The van der Waals surface area contributed by atoms with Crippen LogP contribution in [0.25, 0.3) is 0 Å². The van der Waals surface area contributed by atoms with Gasteiger partial charge in [-0.05, 0) is 62.9 Å². The van der Waals surface area contributed by atoms with Crippen LogP contribution in [0.2, 0.25) is 0 Å². The number of hydrogen-bond acceptors (Lipinski definition) is 3. The van der Waals surface area contributed by atoms with Gasteiger partial charge < -0.3 is 15.0 Å². The summed E-state index contributed by atoms with van der Waals surface area (Å²) in [6.45, 7) is 5.25. The van der Waals surface area contributed by atoms with Gasteiger partial charge in [0.2, 0.25) is 11.8 Å². The van der Waals surface area contributed by atoms with Crippen molar-refractivity contribution >= 4 is 17.5 Å². The lowest BCUT2D eigenvalue weighted by Crippen LogP contribution is -2.41.